The van der Waals surface area contributed by atoms with Crippen molar-refractivity contribution in [2.45, 2.75) is 6.16 Å². The molecule has 1 aromatic carbocycles. The summed E-state index contributed by atoms with van der Waals surface area (Å²) in [6.45, 7) is 0. The van der Waals surface area contributed by atoms with Crippen LogP contribution < -0.4 is 0 Å². The minimum atomic E-state index is -2.47. The molecule has 68 valence electrons. The maximum absolute atomic E-state index is 10.3. The van der Waals surface area contributed by atoms with Gasteiger partial charge in [0.25, 0.3) is 5.69 Å². The Morgan fingerprint density at radius 2 is 1.77 bits per heavy atom. The molecule has 0 aliphatic rings. The molecule has 0 aliphatic heterocycles. The first-order chi connectivity index (χ1) is 6.09. The van der Waals surface area contributed by atoms with Crippen LogP contribution in [0.4, 0.5) is 5.69 Å². The van der Waals surface area contributed by atoms with Gasteiger partial charge in [-0.15, -0.1) is 0 Å². The van der Waals surface area contributed by atoms with Crippen LogP contribution in [0.1, 0.15) is 5.56 Å². The molecule has 0 heterocycles. The summed E-state index contributed by atoms with van der Waals surface area (Å²) in [6, 6.07) is 5.44. The molecular weight excluding hydrogens is 193 g/mol. The first kappa shape index (κ1) is 9.61. The highest BCUT2D eigenvalue weighted by atomic mass is 31.1. The second-order valence-electron chi connectivity index (χ2n) is 2.41. The molecule has 0 saturated carbocycles. The van der Waals surface area contributed by atoms with Crippen LogP contribution in [-0.4, -0.2) is 4.92 Å². The van der Waals surface area contributed by atoms with Crippen molar-refractivity contribution in [3.8, 4) is 0 Å². The van der Waals surface area contributed by atoms with E-state index in [1.165, 1.54) is 24.3 Å². The van der Waals surface area contributed by atoms with Gasteiger partial charge >= 0.3 is 7.68 Å². The van der Waals surface area contributed by atoms with E-state index in [0.717, 1.165) is 0 Å². The van der Waals surface area contributed by atoms with Gasteiger partial charge in [-0.25, -0.2) is 9.13 Å². The molecular formula is C7H6NO4P. The van der Waals surface area contributed by atoms with Crippen LogP contribution in [0.3, 0.4) is 0 Å². The minimum Gasteiger partial charge on any atom is -0.258 e. The van der Waals surface area contributed by atoms with Crippen LogP contribution >= 0.6 is 7.68 Å². The van der Waals surface area contributed by atoms with Crippen LogP contribution in [-0.2, 0) is 15.3 Å². The molecule has 0 fully saturated rings. The predicted molar refractivity (Wildman–Crippen MR) is 45.1 cm³/mol. The zero-order valence-electron chi connectivity index (χ0n) is 6.54. The Hall–Kier alpha value is -1.48. The SMILES string of the molecule is O=[N+]([O-])c1ccc(CP(=O)=O)cc1. The molecule has 0 radical (unpaired) electrons. The third-order valence-electron chi connectivity index (χ3n) is 1.46. The van der Waals surface area contributed by atoms with Gasteiger partial charge in [0.05, 0.1) is 11.1 Å². The minimum absolute atomic E-state index is 0.0372. The summed E-state index contributed by atoms with van der Waals surface area (Å²) in [5.74, 6) is 0. The van der Waals surface area contributed by atoms with Crippen molar-refractivity contribution in [1.82, 2.24) is 0 Å². The topological polar surface area (TPSA) is 77.3 Å². The highest BCUT2D eigenvalue weighted by molar-refractivity contribution is 7.29. The second-order valence-corrected chi connectivity index (χ2v) is 3.40. The highest BCUT2D eigenvalue weighted by Gasteiger charge is 2.04. The van der Waals surface area contributed by atoms with Gasteiger partial charge in [0.2, 0.25) is 0 Å². The molecule has 0 atom stereocenters. The lowest BCUT2D eigenvalue weighted by molar-refractivity contribution is -0.384. The monoisotopic (exact) mass is 199 g/mol. The molecule has 0 aromatic heterocycles. The van der Waals surface area contributed by atoms with Crippen LogP contribution in [0.15, 0.2) is 24.3 Å². The van der Waals surface area contributed by atoms with Gasteiger partial charge in [-0.2, -0.15) is 0 Å². The van der Waals surface area contributed by atoms with Gasteiger partial charge in [0.15, 0.2) is 0 Å². The van der Waals surface area contributed by atoms with Crippen LogP contribution in [0, 0.1) is 10.1 Å². The Bertz CT molecular complexity index is 374. The lowest BCUT2D eigenvalue weighted by Crippen LogP contribution is -1.87. The summed E-state index contributed by atoms with van der Waals surface area (Å²) in [5, 5.41) is 10.2. The number of rotatable bonds is 3. The first-order valence-electron chi connectivity index (χ1n) is 3.45. The molecule has 0 amide bonds. The van der Waals surface area contributed by atoms with Gasteiger partial charge in [0, 0.05) is 12.1 Å². The predicted octanol–water partition coefficient (Wildman–Crippen LogP) is 2.27. The summed E-state index contributed by atoms with van der Waals surface area (Å²) < 4.78 is 20.6. The first-order valence-corrected chi connectivity index (χ1v) is 4.81. The standard InChI is InChI=1S/C7H6NO4P/c9-8(10)7-3-1-6(2-4-7)5-13(11)12/h1-4H,5H2. The van der Waals surface area contributed by atoms with E-state index in [2.05, 4.69) is 0 Å². The van der Waals surface area contributed by atoms with E-state index in [4.69, 9.17) is 0 Å². The Labute approximate surface area is 74.4 Å². The smallest absolute Gasteiger partial charge is 0.258 e. The number of nitro groups is 1. The average Bonchev–Trinajstić information content (AvgIpc) is 2.04. The number of non-ortho nitro benzene ring substituents is 1. The van der Waals surface area contributed by atoms with Crippen LogP contribution in [0.25, 0.3) is 0 Å². The molecule has 0 bridgehead atoms. The molecule has 6 heteroatoms. The molecule has 13 heavy (non-hydrogen) atoms. The zero-order valence-corrected chi connectivity index (χ0v) is 7.44. The van der Waals surface area contributed by atoms with Crippen LogP contribution in [0.5, 0.6) is 0 Å². The van der Waals surface area contributed by atoms with E-state index in [-0.39, 0.29) is 11.8 Å². The number of hydrogen-bond acceptors (Lipinski definition) is 4. The van der Waals surface area contributed by atoms with Gasteiger partial charge in [-0.05, 0) is 5.56 Å². The maximum Gasteiger partial charge on any atom is 0.320 e. The van der Waals surface area contributed by atoms with Crippen molar-refractivity contribution in [3.63, 3.8) is 0 Å². The summed E-state index contributed by atoms with van der Waals surface area (Å²) in [7, 11) is -2.47. The quantitative estimate of drug-likeness (QED) is 0.425. The Kier molecular flexibility index (Phi) is 2.93. The van der Waals surface area contributed by atoms with Crippen molar-refractivity contribution in [2.75, 3.05) is 0 Å². The normalized spacial score (nSPS) is 9.54. The van der Waals surface area contributed by atoms with Gasteiger partial charge in [-0.3, -0.25) is 10.1 Å². The number of nitrogens with zero attached hydrogens (tertiary/aromatic N) is 1. The molecule has 0 aliphatic carbocycles. The fourth-order valence-corrected chi connectivity index (χ4v) is 1.38. The van der Waals surface area contributed by atoms with Gasteiger partial charge < -0.3 is 0 Å². The third kappa shape index (κ3) is 2.80. The molecule has 0 spiro atoms. The van der Waals surface area contributed by atoms with Gasteiger partial charge in [0.1, 0.15) is 0 Å². The molecule has 0 unspecified atom stereocenters. The van der Waals surface area contributed by atoms with E-state index in [0.29, 0.717) is 5.56 Å². The number of hydrogen-bond donors (Lipinski definition) is 0. The third-order valence-corrected chi connectivity index (χ3v) is 2.08. The summed E-state index contributed by atoms with van der Waals surface area (Å²) in [6.07, 6.45) is -0.0761. The number of nitro benzene ring substituents is 1. The summed E-state index contributed by atoms with van der Waals surface area (Å²) >= 11 is 0. The fourth-order valence-electron chi connectivity index (χ4n) is 0.872. The molecule has 0 N–H and O–H groups in total. The lowest BCUT2D eigenvalue weighted by atomic mass is 10.2. The zero-order chi connectivity index (χ0) is 9.84. The second kappa shape index (κ2) is 3.96. The lowest BCUT2D eigenvalue weighted by Gasteiger charge is -1.92. The van der Waals surface area contributed by atoms with Crippen molar-refractivity contribution in [1.29, 1.82) is 0 Å². The Morgan fingerprint density at radius 1 is 1.23 bits per heavy atom. The fraction of sp³-hybridized carbons (Fsp3) is 0.143. The van der Waals surface area contributed by atoms with Crippen molar-refractivity contribution in [3.05, 3.63) is 39.9 Å². The summed E-state index contributed by atoms with van der Waals surface area (Å²) in [5.41, 5.74) is 0.520. The summed E-state index contributed by atoms with van der Waals surface area (Å²) in [4.78, 5) is 9.69. The largest absolute Gasteiger partial charge is 0.320 e. The van der Waals surface area contributed by atoms with E-state index in [1.54, 1.807) is 0 Å². The maximum atomic E-state index is 10.3. The van der Waals surface area contributed by atoms with E-state index >= 15 is 0 Å². The molecule has 0 saturated heterocycles. The van der Waals surface area contributed by atoms with E-state index < -0.39 is 12.6 Å². The van der Waals surface area contributed by atoms with Gasteiger partial charge in [-0.1, -0.05) is 12.1 Å². The van der Waals surface area contributed by atoms with E-state index in [1.807, 2.05) is 0 Å². The average molecular weight is 199 g/mol. The van der Waals surface area contributed by atoms with E-state index in [9.17, 15) is 19.2 Å². The molecule has 1 aromatic rings. The van der Waals surface area contributed by atoms with Crippen molar-refractivity contribution < 1.29 is 14.1 Å². The Morgan fingerprint density at radius 3 is 2.15 bits per heavy atom. The van der Waals surface area contributed by atoms with Crippen molar-refractivity contribution >= 4 is 13.4 Å². The molecule has 5 nitrogen and oxygen atoms in total. The van der Waals surface area contributed by atoms with Crippen LogP contribution in [0.2, 0.25) is 0 Å². The highest BCUT2D eigenvalue weighted by Crippen LogP contribution is 2.17. The Balaban J connectivity index is 2.87. The number of benzene rings is 1. The van der Waals surface area contributed by atoms with Crippen molar-refractivity contribution in [2.24, 2.45) is 0 Å². The molecule has 1 rings (SSSR count).